The summed E-state index contributed by atoms with van der Waals surface area (Å²) in [5.74, 6) is -3.67. The SMILES string of the molecule is NC1=NC(O)N([C@@H]2O[C@H](CO)[C@@H](O)C2(F)F)C=C1. The molecule has 0 aromatic heterocycles. The molecule has 2 aliphatic rings. The largest absolute Gasteiger partial charge is 0.394 e. The van der Waals surface area contributed by atoms with E-state index in [1.807, 2.05) is 0 Å². The Morgan fingerprint density at radius 3 is 2.67 bits per heavy atom. The lowest BCUT2D eigenvalue weighted by Gasteiger charge is -2.34. The Balaban J connectivity index is 2.22. The summed E-state index contributed by atoms with van der Waals surface area (Å²) < 4.78 is 32.3. The van der Waals surface area contributed by atoms with Gasteiger partial charge in [-0.2, -0.15) is 8.78 Å². The molecular formula is C9H13F2N3O4. The molecule has 0 bridgehead atoms. The van der Waals surface area contributed by atoms with E-state index in [-0.39, 0.29) is 5.84 Å². The van der Waals surface area contributed by atoms with Crippen LogP contribution in [0.3, 0.4) is 0 Å². The zero-order chi connectivity index (χ0) is 13.5. The molecule has 18 heavy (non-hydrogen) atoms. The smallest absolute Gasteiger partial charge is 0.319 e. The van der Waals surface area contributed by atoms with E-state index in [1.165, 1.54) is 6.08 Å². The minimum absolute atomic E-state index is 0.0145. The quantitative estimate of drug-likeness (QED) is 0.467. The van der Waals surface area contributed by atoms with Crippen LogP contribution < -0.4 is 5.73 Å². The van der Waals surface area contributed by atoms with Crippen LogP contribution in [0.25, 0.3) is 0 Å². The molecule has 102 valence electrons. The first-order chi connectivity index (χ1) is 8.37. The molecule has 9 heteroatoms. The minimum atomic E-state index is -3.65. The summed E-state index contributed by atoms with van der Waals surface area (Å²) in [6, 6.07) is 0. The summed E-state index contributed by atoms with van der Waals surface area (Å²) in [7, 11) is 0. The Hall–Kier alpha value is -1.29. The van der Waals surface area contributed by atoms with Gasteiger partial charge in [0.2, 0.25) is 12.6 Å². The summed E-state index contributed by atoms with van der Waals surface area (Å²) in [4.78, 5) is 4.20. The molecule has 0 radical (unpaired) electrons. The fourth-order valence-corrected chi connectivity index (χ4v) is 1.82. The fraction of sp³-hybridized carbons (Fsp3) is 0.667. The highest BCUT2D eigenvalue weighted by atomic mass is 19.3. The van der Waals surface area contributed by atoms with Crippen LogP contribution in [0.1, 0.15) is 0 Å². The van der Waals surface area contributed by atoms with Crippen LogP contribution in [-0.4, -0.2) is 63.4 Å². The summed E-state index contributed by atoms with van der Waals surface area (Å²) in [5, 5.41) is 27.7. The van der Waals surface area contributed by atoms with Crippen molar-refractivity contribution in [1.29, 1.82) is 0 Å². The summed E-state index contributed by atoms with van der Waals surface area (Å²) in [6.45, 7) is -0.758. The van der Waals surface area contributed by atoms with Gasteiger partial charge in [-0.25, -0.2) is 4.99 Å². The van der Waals surface area contributed by atoms with Gasteiger partial charge in [-0.1, -0.05) is 0 Å². The van der Waals surface area contributed by atoms with Crippen LogP contribution in [0.4, 0.5) is 8.78 Å². The van der Waals surface area contributed by atoms with Crippen molar-refractivity contribution >= 4 is 5.84 Å². The molecular weight excluding hydrogens is 252 g/mol. The number of halogens is 2. The number of ether oxygens (including phenoxy) is 1. The highest BCUT2D eigenvalue weighted by molar-refractivity contribution is 5.91. The first-order valence-electron chi connectivity index (χ1n) is 5.17. The average molecular weight is 265 g/mol. The molecule has 0 amide bonds. The second-order valence-electron chi connectivity index (χ2n) is 3.99. The van der Waals surface area contributed by atoms with Crippen LogP contribution in [0, 0.1) is 0 Å². The van der Waals surface area contributed by atoms with E-state index in [1.54, 1.807) is 0 Å². The second-order valence-corrected chi connectivity index (χ2v) is 3.99. The topological polar surface area (TPSA) is 112 Å². The van der Waals surface area contributed by atoms with E-state index in [0.717, 1.165) is 11.1 Å². The monoisotopic (exact) mass is 265 g/mol. The van der Waals surface area contributed by atoms with Crippen molar-refractivity contribution in [2.45, 2.75) is 30.7 Å². The highest BCUT2D eigenvalue weighted by Crippen LogP contribution is 2.39. The molecule has 2 aliphatic heterocycles. The lowest BCUT2D eigenvalue weighted by Crippen LogP contribution is -2.51. The summed E-state index contributed by atoms with van der Waals surface area (Å²) in [6.07, 6.45) is -4.82. The molecule has 4 atom stereocenters. The van der Waals surface area contributed by atoms with Crippen molar-refractivity contribution in [1.82, 2.24) is 4.90 Å². The Bertz CT molecular complexity index is 390. The number of nitrogens with two attached hydrogens (primary N) is 1. The van der Waals surface area contributed by atoms with Crippen molar-refractivity contribution in [2.24, 2.45) is 10.7 Å². The molecule has 2 rings (SSSR count). The molecule has 7 nitrogen and oxygen atoms in total. The van der Waals surface area contributed by atoms with Crippen molar-refractivity contribution in [3.63, 3.8) is 0 Å². The van der Waals surface area contributed by atoms with Gasteiger partial charge in [0.25, 0.3) is 0 Å². The zero-order valence-electron chi connectivity index (χ0n) is 9.15. The van der Waals surface area contributed by atoms with Crippen LogP contribution in [0.5, 0.6) is 0 Å². The van der Waals surface area contributed by atoms with E-state index in [0.29, 0.717) is 0 Å². The lowest BCUT2D eigenvalue weighted by molar-refractivity contribution is -0.186. The summed E-state index contributed by atoms with van der Waals surface area (Å²) >= 11 is 0. The number of rotatable bonds is 2. The molecule has 1 fully saturated rings. The lowest BCUT2D eigenvalue weighted by atomic mass is 10.1. The van der Waals surface area contributed by atoms with Gasteiger partial charge in [-0.05, 0) is 6.08 Å². The maximum absolute atomic E-state index is 13.7. The molecule has 2 heterocycles. The maximum atomic E-state index is 13.7. The van der Waals surface area contributed by atoms with Crippen LogP contribution >= 0.6 is 0 Å². The molecule has 0 aromatic carbocycles. The normalized spacial score (nSPS) is 38.9. The average Bonchev–Trinajstić information content (AvgIpc) is 2.52. The Morgan fingerprint density at radius 2 is 2.17 bits per heavy atom. The molecule has 1 saturated heterocycles. The third-order valence-electron chi connectivity index (χ3n) is 2.78. The van der Waals surface area contributed by atoms with Crippen molar-refractivity contribution in [2.75, 3.05) is 6.61 Å². The first-order valence-corrected chi connectivity index (χ1v) is 5.17. The van der Waals surface area contributed by atoms with E-state index >= 15 is 0 Å². The number of aliphatic hydroxyl groups excluding tert-OH is 3. The van der Waals surface area contributed by atoms with Gasteiger partial charge in [-0.15, -0.1) is 0 Å². The van der Waals surface area contributed by atoms with Gasteiger partial charge < -0.3 is 30.7 Å². The fourth-order valence-electron chi connectivity index (χ4n) is 1.82. The van der Waals surface area contributed by atoms with Gasteiger partial charge in [-0.3, -0.25) is 0 Å². The van der Waals surface area contributed by atoms with E-state index < -0.39 is 37.3 Å². The number of hydrogen-bond acceptors (Lipinski definition) is 7. The van der Waals surface area contributed by atoms with Crippen molar-refractivity contribution in [3.05, 3.63) is 12.3 Å². The Morgan fingerprint density at radius 1 is 1.50 bits per heavy atom. The van der Waals surface area contributed by atoms with Crippen LogP contribution in [0.15, 0.2) is 17.3 Å². The zero-order valence-corrected chi connectivity index (χ0v) is 9.15. The van der Waals surface area contributed by atoms with E-state index in [9.17, 15) is 19.0 Å². The van der Waals surface area contributed by atoms with Gasteiger partial charge in [0.05, 0.1) is 6.61 Å². The standard InChI is InChI=1S/C9H13F2N3O4/c10-9(11)6(16)4(3-15)18-7(9)14-2-1-5(12)13-8(14)17/h1-2,4,6-8,15-17H,3H2,(H2,12,13)/t4-,6-,7-,8?/m1/s1. The van der Waals surface area contributed by atoms with Crippen LogP contribution in [-0.2, 0) is 4.74 Å². The van der Waals surface area contributed by atoms with Crippen molar-refractivity contribution in [3.8, 4) is 0 Å². The van der Waals surface area contributed by atoms with E-state index in [4.69, 9.17) is 15.6 Å². The Labute approximate surface area is 101 Å². The molecule has 5 N–H and O–H groups in total. The second kappa shape index (κ2) is 4.43. The molecule has 0 saturated carbocycles. The van der Waals surface area contributed by atoms with Gasteiger partial charge in [0.1, 0.15) is 11.9 Å². The van der Waals surface area contributed by atoms with Gasteiger partial charge in [0, 0.05) is 6.20 Å². The highest BCUT2D eigenvalue weighted by Gasteiger charge is 2.61. The molecule has 0 spiro atoms. The molecule has 0 aliphatic carbocycles. The van der Waals surface area contributed by atoms with E-state index in [2.05, 4.69) is 4.99 Å². The molecule has 0 aromatic rings. The minimum Gasteiger partial charge on any atom is -0.394 e. The number of alkyl halides is 2. The number of hydrogen-bond donors (Lipinski definition) is 4. The Kier molecular flexibility index (Phi) is 3.23. The molecule has 1 unspecified atom stereocenters. The van der Waals surface area contributed by atoms with Crippen molar-refractivity contribution < 1.29 is 28.8 Å². The third kappa shape index (κ3) is 1.94. The maximum Gasteiger partial charge on any atom is 0.319 e. The first kappa shape index (κ1) is 13.1. The number of aliphatic hydroxyl groups is 3. The third-order valence-corrected chi connectivity index (χ3v) is 2.78. The van der Waals surface area contributed by atoms with Gasteiger partial charge >= 0.3 is 5.92 Å². The van der Waals surface area contributed by atoms with Crippen LogP contribution in [0.2, 0.25) is 0 Å². The summed E-state index contributed by atoms with van der Waals surface area (Å²) in [5.41, 5.74) is 5.29. The van der Waals surface area contributed by atoms with Gasteiger partial charge in [0.15, 0.2) is 6.10 Å². The number of amidine groups is 1. The predicted octanol–water partition coefficient (Wildman–Crippen LogP) is -1.84. The predicted molar refractivity (Wildman–Crippen MR) is 55.3 cm³/mol. The number of aliphatic imine (C=N–C) groups is 1. The number of nitrogens with zero attached hydrogens (tertiary/aromatic N) is 2.